The third kappa shape index (κ3) is 2.41. The molecule has 0 fully saturated rings. The number of hydrogen-bond acceptors (Lipinski definition) is 4. The van der Waals surface area contributed by atoms with Crippen molar-refractivity contribution in [2.24, 2.45) is 0 Å². The fourth-order valence-corrected chi connectivity index (χ4v) is 1.84. The number of nitrogens with zero attached hydrogens (tertiary/aromatic N) is 2. The Hall–Kier alpha value is -1.98. The van der Waals surface area contributed by atoms with Gasteiger partial charge in [-0.15, -0.1) is 0 Å². The maximum Gasteiger partial charge on any atom is 0.407 e. The number of hydrogen-bond donors (Lipinski definition) is 2. The van der Waals surface area contributed by atoms with Gasteiger partial charge in [0.25, 0.3) is 0 Å². The predicted octanol–water partition coefficient (Wildman–Crippen LogP) is 1.44. The van der Waals surface area contributed by atoms with Gasteiger partial charge in [-0.2, -0.15) is 0 Å². The molecule has 92 valence electrons. The van der Waals surface area contributed by atoms with Crippen molar-refractivity contribution in [1.82, 2.24) is 9.88 Å². The molecule has 0 bridgehead atoms. The molecule has 1 aliphatic rings. The molecule has 0 spiro atoms. The summed E-state index contributed by atoms with van der Waals surface area (Å²) in [6.07, 6.45) is -1.03. The van der Waals surface area contributed by atoms with E-state index >= 15 is 0 Å². The Morgan fingerprint density at radius 3 is 2.88 bits per heavy atom. The van der Waals surface area contributed by atoms with E-state index < -0.39 is 11.7 Å². The second kappa shape index (κ2) is 3.80. The van der Waals surface area contributed by atoms with Crippen molar-refractivity contribution < 1.29 is 19.7 Å². The molecule has 0 saturated heterocycles. The van der Waals surface area contributed by atoms with Crippen LogP contribution >= 0.6 is 0 Å². The van der Waals surface area contributed by atoms with Crippen molar-refractivity contribution >= 4 is 6.09 Å². The zero-order valence-electron chi connectivity index (χ0n) is 9.67. The first-order valence-electron chi connectivity index (χ1n) is 5.23. The molecule has 0 atom stereocenters. The van der Waals surface area contributed by atoms with Gasteiger partial charge in [-0.3, -0.25) is 4.90 Å². The summed E-state index contributed by atoms with van der Waals surface area (Å²) < 4.78 is 5.70. The largest absolute Gasteiger partial charge is 0.493 e. The number of aromatic nitrogens is 1. The van der Waals surface area contributed by atoms with E-state index in [2.05, 4.69) is 4.98 Å². The van der Waals surface area contributed by atoms with Crippen molar-refractivity contribution in [3.8, 4) is 11.6 Å². The summed E-state index contributed by atoms with van der Waals surface area (Å²) in [5.41, 5.74) is -0.194. The molecule has 0 radical (unpaired) electrons. The molecule has 2 N–H and O–H groups in total. The first-order valence-corrected chi connectivity index (χ1v) is 5.23. The van der Waals surface area contributed by atoms with E-state index in [1.807, 2.05) is 13.8 Å². The topological polar surface area (TPSA) is 82.9 Å². The molecule has 17 heavy (non-hydrogen) atoms. The Morgan fingerprint density at radius 2 is 2.24 bits per heavy atom. The van der Waals surface area contributed by atoms with Crippen molar-refractivity contribution in [3.63, 3.8) is 0 Å². The molecule has 0 unspecified atom stereocenters. The van der Waals surface area contributed by atoms with Crippen LogP contribution in [0.25, 0.3) is 0 Å². The molecule has 0 aliphatic carbocycles. The third-order valence-corrected chi connectivity index (χ3v) is 2.49. The highest BCUT2D eigenvalue weighted by Gasteiger charge is 2.32. The number of fused-ring (bicyclic) bond motifs is 1. The van der Waals surface area contributed by atoms with Crippen LogP contribution in [0, 0.1) is 0 Å². The molecule has 1 amide bonds. The smallest absolute Gasteiger partial charge is 0.407 e. The van der Waals surface area contributed by atoms with E-state index in [9.17, 15) is 9.90 Å². The van der Waals surface area contributed by atoms with Crippen molar-refractivity contribution in [1.29, 1.82) is 0 Å². The Kier molecular flexibility index (Phi) is 2.57. The van der Waals surface area contributed by atoms with Gasteiger partial charge in [-0.25, -0.2) is 9.78 Å². The quantitative estimate of drug-likeness (QED) is 0.714. The Balaban J connectivity index is 2.42. The number of carbonyl (C=O) groups is 1. The van der Waals surface area contributed by atoms with E-state index in [4.69, 9.17) is 9.84 Å². The number of ether oxygens (including phenoxy) is 1. The summed E-state index contributed by atoms with van der Waals surface area (Å²) in [6, 6.07) is 3.02. The molecule has 2 rings (SSSR count). The number of carboxylic acid groups (broad SMARTS) is 1. The summed E-state index contributed by atoms with van der Waals surface area (Å²) in [6.45, 7) is 3.98. The van der Waals surface area contributed by atoms with E-state index in [0.29, 0.717) is 11.4 Å². The zero-order chi connectivity index (χ0) is 12.6. The van der Waals surface area contributed by atoms with Gasteiger partial charge in [-0.1, -0.05) is 0 Å². The lowest BCUT2D eigenvalue weighted by atomic mass is 10.1. The monoisotopic (exact) mass is 238 g/mol. The van der Waals surface area contributed by atoms with Crippen molar-refractivity contribution in [2.45, 2.75) is 26.0 Å². The Morgan fingerprint density at radius 1 is 1.53 bits per heavy atom. The molecule has 1 aromatic rings. The standard InChI is InChI=1S/C11H14N2O4/c1-11(2)6-13(10(15)16)5-7-8(17-11)3-4-9(14)12-7/h3-4H,5-6H2,1-2H3,(H,12,14)(H,15,16). The van der Waals surface area contributed by atoms with Crippen LogP contribution in [0.5, 0.6) is 11.6 Å². The minimum atomic E-state index is -1.03. The minimum absolute atomic E-state index is 0.114. The maximum absolute atomic E-state index is 11.1. The highest BCUT2D eigenvalue weighted by atomic mass is 16.5. The lowest BCUT2D eigenvalue weighted by Crippen LogP contribution is -2.42. The van der Waals surface area contributed by atoms with Gasteiger partial charge in [0.15, 0.2) is 0 Å². The van der Waals surface area contributed by atoms with E-state index in [-0.39, 0.29) is 19.0 Å². The molecule has 1 aromatic heterocycles. The Bertz CT molecular complexity index is 459. The van der Waals surface area contributed by atoms with Gasteiger partial charge >= 0.3 is 6.09 Å². The highest BCUT2D eigenvalue weighted by molar-refractivity contribution is 5.65. The van der Waals surface area contributed by atoms with Crippen LogP contribution in [0.15, 0.2) is 12.1 Å². The van der Waals surface area contributed by atoms with E-state index in [1.165, 1.54) is 11.0 Å². The molecule has 0 aromatic carbocycles. The van der Waals surface area contributed by atoms with Crippen LogP contribution in [0.2, 0.25) is 0 Å². The van der Waals surface area contributed by atoms with Gasteiger partial charge in [0, 0.05) is 6.07 Å². The minimum Gasteiger partial charge on any atom is -0.493 e. The molecule has 0 saturated carbocycles. The first-order chi connectivity index (χ1) is 7.87. The summed E-state index contributed by atoms with van der Waals surface area (Å²) in [7, 11) is 0. The molecule has 1 aliphatic heterocycles. The SMILES string of the molecule is CC1(C)CN(C(=O)O)Cc2nc(O)ccc2O1. The number of amides is 1. The summed E-state index contributed by atoms with van der Waals surface area (Å²) in [5, 5.41) is 18.4. The summed E-state index contributed by atoms with van der Waals surface area (Å²) in [4.78, 5) is 16.2. The van der Waals surface area contributed by atoms with Crippen LogP contribution in [0.1, 0.15) is 19.5 Å². The first kappa shape index (κ1) is 11.5. The third-order valence-electron chi connectivity index (χ3n) is 2.49. The number of pyridine rings is 1. The summed E-state index contributed by atoms with van der Waals surface area (Å²) in [5.74, 6) is 0.369. The van der Waals surface area contributed by atoms with Gasteiger partial charge < -0.3 is 14.9 Å². The van der Waals surface area contributed by atoms with Crippen LogP contribution in [0.3, 0.4) is 0 Å². The number of rotatable bonds is 0. The van der Waals surface area contributed by atoms with E-state index in [1.54, 1.807) is 6.07 Å². The lowest BCUT2D eigenvalue weighted by molar-refractivity contribution is 0.0671. The van der Waals surface area contributed by atoms with Crippen molar-refractivity contribution in [2.75, 3.05) is 6.54 Å². The molecular formula is C11H14N2O4. The van der Waals surface area contributed by atoms with Gasteiger partial charge in [-0.05, 0) is 19.9 Å². The molecule has 2 heterocycles. The van der Waals surface area contributed by atoms with Crippen molar-refractivity contribution in [3.05, 3.63) is 17.8 Å². The zero-order valence-corrected chi connectivity index (χ0v) is 9.67. The van der Waals surface area contributed by atoms with Gasteiger partial charge in [0.1, 0.15) is 17.0 Å². The van der Waals surface area contributed by atoms with E-state index in [0.717, 1.165) is 0 Å². The van der Waals surface area contributed by atoms with Crippen LogP contribution < -0.4 is 4.74 Å². The predicted molar refractivity (Wildman–Crippen MR) is 59.0 cm³/mol. The fourth-order valence-electron chi connectivity index (χ4n) is 1.84. The fraction of sp³-hybridized carbons (Fsp3) is 0.455. The second-order valence-electron chi connectivity index (χ2n) is 4.61. The average molecular weight is 238 g/mol. The highest BCUT2D eigenvalue weighted by Crippen LogP contribution is 2.29. The van der Waals surface area contributed by atoms with Gasteiger partial charge in [0.2, 0.25) is 5.88 Å². The second-order valence-corrected chi connectivity index (χ2v) is 4.61. The molecule has 6 nitrogen and oxygen atoms in total. The number of aromatic hydroxyl groups is 1. The summed E-state index contributed by atoms with van der Waals surface area (Å²) >= 11 is 0. The Labute approximate surface area is 98.5 Å². The normalized spacial score (nSPS) is 17.9. The molecule has 6 heteroatoms. The van der Waals surface area contributed by atoms with Crippen LogP contribution in [-0.2, 0) is 6.54 Å². The molecular weight excluding hydrogens is 224 g/mol. The average Bonchev–Trinajstić information content (AvgIpc) is 2.32. The maximum atomic E-state index is 11.1. The van der Waals surface area contributed by atoms with Crippen LogP contribution in [0.4, 0.5) is 4.79 Å². The van der Waals surface area contributed by atoms with Crippen LogP contribution in [-0.4, -0.2) is 38.3 Å². The lowest BCUT2D eigenvalue weighted by Gasteiger charge is -2.27. The van der Waals surface area contributed by atoms with Gasteiger partial charge in [0.05, 0.1) is 13.1 Å².